The summed E-state index contributed by atoms with van der Waals surface area (Å²) in [7, 11) is 0. The number of fused-ring (bicyclic) bond motifs is 1. The normalized spacial score (nSPS) is 11.8. The summed E-state index contributed by atoms with van der Waals surface area (Å²) in [5.41, 5.74) is 2.74. The first-order valence-electron chi connectivity index (χ1n) is 11.7. The highest BCUT2D eigenvalue weighted by Gasteiger charge is 2.20. The Morgan fingerprint density at radius 2 is 1.61 bits per heavy atom. The lowest BCUT2D eigenvalue weighted by molar-refractivity contribution is 0.0729. The Kier molecular flexibility index (Phi) is 6.93. The van der Waals surface area contributed by atoms with Crippen molar-refractivity contribution in [2.24, 2.45) is 0 Å². The van der Waals surface area contributed by atoms with E-state index in [0.717, 1.165) is 11.1 Å². The van der Waals surface area contributed by atoms with Gasteiger partial charge in [0, 0.05) is 24.7 Å². The van der Waals surface area contributed by atoms with Gasteiger partial charge in [-0.05, 0) is 41.8 Å². The summed E-state index contributed by atoms with van der Waals surface area (Å²) < 4.78 is 16.1. The number of benzene rings is 3. The molecule has 0 fully saturated rings. The first kappa shape index (κ1) is 23.2. The summed E-state index contributed by atoms with van der Waals surface area (Å²) in [5.74, 6) is 1.29. The number of rotatable bonds is 9. The zero-order valence-electron chi connectivity index (χ0n) is 19.6. The van der Waals surface area contributed by atoms with Crippen molar-refractivity contribution >= 4 is 11.8 Å². The standard InChI is InChI=1S/C28H25N3O5/c32-27(29-17-21-11-12-25-26(15-21)35-19-34-25)24-16-23(36-30-24)18-31(14-13-20-7-3-1-4-8-20)28(33)22-9-5-2-6-10-22/h1-12,15-16H,13-14,17-19H2,(H,29,32). The third kappa shape index (κ3) is 5.55. The Morgan fingerprint density at radius 3 is 2.42 bits per heavy atom. The van der Waals surface area contributed by atoms with Gasteiger partial charge in [0.25, 0.3) is 11.8 Å². The average Bonchev–Trinajstić information content (AvgIpc) is 3.60. The van der Waals surface area contributed by atoms with E-state index in [9.17, 15) is 9.59 Å². The van der Waals surface area contributed by atoms with Gasteiger partial charge in [-0.25, -0.2) is 0 Å². The van der Waals surface area contributed by atoms with Gasteiger partial charge in [-0.1, -0.05) is 59.8 Å². The van der Waals surface area contributed by atoms with Crippen LogP contribution in [0.5, 0.6) is 11.5 Å². The van der Waals surface area contributed by atoms with Crippen molar-refractivity contribution in [3.05, 3.63) is 113 Å². The van der Waals surface area contributed by atoms with Gasteiger partial charge < -0.3 is 24.2 Å². The van der Waals surface area contributed by atoms with Crippen LogP contribution in [0.25, 0.3) is 0 Å². The molecule has 5 rings (SSSR count). The number of aromatic nitrogens is 1. The fraction of sp³-hybridized carbons (Fsp3) is 0.179. The molecule has 3 aromatic carbocycles. The fourth-order valence-electron chi connectivity index (χ4n) is 3.93. The van der Waals surface area contributed by atoms with Crippen molar-refractivity contribution in [3.63, 3.8) is 0 Å². The first-order valence-corrected chi connectivity index (χ1v) is 11.7. The van der Waals surface area contributed by atoms with Gasteiger partial charge in [-0.2, -0.15) is 0 Å². The summed E-state index contributed by atoms with van der Waals surface area (Å²) in [6.45, 7) is 1.18. The Hall–Kier alpha value is -4.59. The number of amides is 2. The lowest BCUT2D eigenvalue weighted by atomic mass is 10.1. The van der Waals surface area contributed by atoms with Gasteiger partial charge in [-0.15, -0.1) is 0 Å². The van der Waals surface area contributed by atoms with Gasteiger partial charge in [0.2, 0.25) is 6.79 Å². The van der Waals surface area contributed by atoms with Crippen LogP contribution < -0.4 is 14.8 Å². The van der Waals surface area contributed by atoms with Gasteiger partial charge >= 0.3 is 0 Å². The van der Waals surface area contributed by atoms with Gasteiger partial charge in [-0.3, -0.25) is 9.59 Å². The van der Waals surface area contributed by atoms with Crippen molar-refractivity contribution in [1.82, 2.24) is 15.4 Å². The summed E-state index contributed by atoms with van der Waals surface area (Å²) in [4.78, 5) is 27.6. The minimum Gasteiger partial charge on any atom is -0.454 e. The Morgan fingerprint density at radius 1 is 0.861 bits per heavy atom. The molecular weight excluding hydrogens is 458 g/mol. The zero-order valence-corrected chi connectivity index (χ0v) is 19.6. The second kappa shape index (κ2) is 10.8. The molecule has 8 heteroatoms. The molecule has 8 nitrogen and oxygen atoms in total. The molecule has 36 heavy (non-hydrogen) atoms. The fourth-order valence-corrected chi connectivity index (χ4v) is 3.93. The smallest absolute Gasteiger partial charge is 0.273 e. The van der Waals surface area contributed by atoms with Crippen LogP contribution in [0.1, 0.15) is 37.7 Å². The van der Waals surface area contributed by atoms with Crippen LogP contribution in [-0.2, 0) is 19.5 Å². The number of ether oxygens (including phenoxy) is 2. The molecule has 182 valence electrons. The van der Waals surface area contributed by atoms with Crippen LogP contribution in [0.15, 0.2) is 89.5 Å². The quantitative estimate of drug-likeness (QED) is 0.383. The molecule has 0 unspecified atom stereocenters. The molecule has 4 aromatic rings. The third-order valence-corrected chi connectivity index (χ3v) is 5.85. The van der Waals surface area contributed by atoms with E-state index in [1.165, 1.54) is 0 Å². The van der Waals surface area contributed by atoms with Crippen molar-refractivity contribution in [1.29, 1.82) is 0 Å². The summed E-state index contributed by atoms with van der Waals surface area (Å²) in [5, 5.41) is 6.75. The van der Waals surface area contributed by atoms with E-state index in [4.69, 9.17) is 14.0 Å². The minimum absolute atomic E-state index is 0.114. The van der Waals surface area contributed by atoms with Crippen LogP contribution in [0.3, 0.4) is 0 Å². The highest BCUT2D eigenvalue weighted by molar-refractivity contribution is 5.94. The molecule has 1 N–H and O–H groups in total. The molecule has 0 spiro atoms. The van der Waals surface area contributed by atoms with E-state index in [1.54, 1.807) is 23.1 Å². The average molecular weight is 484 g/mol. The molecular formula is C28H25N3O5. The number of nitrogens with zero attached hydrogens (tertiary/aromatic N) is 2. The predicted octanol–water partition coefficient (Wildman–Crippen LogP) is 4.22. The van der Waals surface area contributed by atoms with E-state index in [-0.39, 0.29) is 30.8 Å². The topological polar surface area (TPSA) is 93.9 Å². The monoisotopic (exact) mass is 483 g/mol. The summed E-state index contributed by atoms with van der Waals surface area (Å²) in [6, 6.07) is 26.2. The lowest BCUT2D eigenvalue weighted by Crippen LogP contribution is -2.32. The molecule has 0 bridgehead atoms. The van der Waals surface area contributed by atoms with Gasteiger partial charge in [0.1, 0.15) is 0 Å². The molecule has 1 aliphatic heterocycles. The Bertz CT molecular complexity index is 1340. The maximum atomic E-state index is 13.2. The molecule has 2 amide bonds. The van der Waals surface area contributed by atoms with Crippen molar-refractivity contribution in [2.45, 2.75) is 19.5 Å². The summed E-state index contributed by atoms with van der Waals surface area (Å²) >= 11 is 0. The first-order chi connectivity index (χ1) is 17.7. The number of carbonyl (C=O) groups excluding carboxylic acids is 2. The van der Waals surface area contributed by atoms with Gasteiger partial charge in [0.15, 0.2) is 23.0 Å². The third-order valence-electron chi connectivity index (χ3n) is 5.85. The highest BCUT2D eigenvalue weighted by Crippen LogP contribution is 2.32. The van der Waals surface area contributed by atoms with Crippen molar-refractivity contribution in [2.75, 3.05) is 13.3 Å². The second-order valence-electron chi connectivity index (χ2n) is 8.38. The van der Waals surface area contributed by atoms with Crippen LogP contribution in [-0.4, -0.2) is 35.2 Å². The number of carbonyl (C=O) groups is 2. The van der Waals surface area contributed by atoms with Crippen LogP contribution in [0.4, 0.5) is 0 Å². The Balaban J connectivity index is 1.24. The van der Waals surface area contributed by atoms with Crippen molar-refractivity contribution in [3.8, 4) is 11.5 Å². The van der Waals surface area contributed by atoms with E-state index in [0.29, 0.717) is 42.3 Å². The molecule has 0 radical (unpaired) electrons. The number of hydrogen-bond acceptors (Lipinski definition) is 6. The molecule has 0 aliphatic carbocycles. The van der Waals surface area contributed by atoms with E-state index >= 15 is 0 Å². The van der Waals surface area contributed by atoms with E-state index in [2.05, 4.69) is 10.5 Å². The molecule has 1 aliphatic rings. The van der Waals surface area contributed by atoms with Crippen LogP contribution in [0, 0.1) is 0 Å². The maximum absolute atomic E-state index is 13.2. The van der Waals surface area contributed by atoms with E-state index < -0.39 is 0 Å². The maximum Gasteiger partial charge on any atom is 0.273 e. The molecule has 0 atom stereocenters. The number of hydrogen-bond donors (Lipinski definition) is 1. The van der Waals surface area contributed by atoms with Crippen molar-refractivity contribution < 1.29 is 23.6 Å². The largest absolute Gasteiger partial charge is 0.454 e. The highest BCUT2D eigenvalue weighted by atomic mass is 16.7. The molecule has 0 saturated carbocycles. The van der Waals surface area contributed by atoms with Gasteiger partial charge in [0.05, 0.1) is 6.54 Å². The molecule has 2 heterocycles. The lowest BCUT2D eigenvalue weighted by Gasteiger charge is -2.21. The Labute approximate surface area is 208 Å². The molecule has 1 aromatic heterocycles. The van der Waals surface area contributed by atoms with Crippen LogP contribution in [0.2, 0.25) is 0 Å². The zero-order chi connectivity index (χ0) is 24.7. The molecule has 0 saturated heterocycles. The summed E-state index contributed by atoms with van der Waals surface area (Å²) in [6.07, 6.45) is 0.691. The van der Waals surface area contributed by atoms with Crippen LogP contribution >= 0.6 is 0 Å². The van der Waals surface area contributed by atoms with E-state index in [1.807, 2.05) is 66.7 Å². The second-order valence-corrected chi connectivity index (χ2v) is 8.38. The SMILES string of the molecule is O=C(NCc1ccc2c(c1)OCO2)c1cc(CN(CCc2ccccc2)C(=O)c2ccccc2)on1. The minimum atomic E-state index is -0.368. The predicted molar refractivity (Wildman–Crippen MR) is 132 cm³/mol. The number of nitrogens with one attached hydrogen (secondary N) is 1.